The van der Waals surface area contributed by atoms with Gasteiger partial charge in [-0.3, -0.25) is 4.79 Å². The van der Waals surface area contributed by atoms with Crippen LogP contribution in [0.1, 0.15) is 51.4 Å². The Bertz CT molecular complexity index is 539. The predicted octanol–water partition coefficient (Wildman–Crippen LogP) is 3.42. The van der Waals surface area contributed by atoms with E-state index in [1.807, 2.05) is 24.3 Å². The Morgan fingerprint density at radius 1 is 1.08 bits per heavy atom. The van der Waals surface area contributed by atoms with Crippen molar-refractivity contribution in [2.75, 3.05) is 18.5 Å². The zero-order valence-corrected chi connectivity index (χ0v) is 14.8. The molecule has 138 valence electrons. The quantitative estimate of drug-likeness (QED) is 0.597. The van der Waals surface area contributed by atoms with Crippen molar-refractivity contribution in [1.82, 2.24) is 5.32 Å². The van der Waals surface area contributed by atoms with Crippen molar-refractivity contribution in [3.63, 3.8) is 0 Å². The third kappa shape index (κ3) is 7.92. The summed E-state index contributed by atoms with van der Waals surface area (Å²) in [4.78, 5) is 22.4. The smallest absolute Gasteiger partial charge is 0.312 e. The molecule has 0 saturated heterocycles. The van der Waals surface area contributed by atoms with E-state index in [1.165, 1.54) is 32.1 Å². The van der Waals surface area contributed by atoms with Gasteiger partial charge in [0.05, 0.1) is 6.61 Å². The Labute approximate surface area is 149 Å². The van der Waals surface area contributed by atoms with Crippen LogP contribution < -0.4 is 21.1 Å². The van der Waals surface area contributed by atoms with E-state index in [-0.39, 0.29) is 5.91 Å². The second-order valence-corrected chi connectivity index (χ2v) is 6.64. The number of hydrogen-bond donors (Lipinski definition) is 3. The van der Waals surface area contributed by atoms with E-state index < -0.39 is 6.03 Å². The van der Waals surface area contributed by atoms with E-state index in [4.69, 9.17) is 10.5 Å². The Kier molecular flexibility index (Phi) is 8.09. The summed E-state index contributed by atoms with van der Waals surface area (Å²) in [6.07, 6.45) is 8.37. The second kappa shape index (κ2) is 10.6. The standard InChI is InChI=1S/C19H29N3O3/c20-19(24)21-13-5-4-8-18(23)22-16-9-11-17(12-10-16)25-14-15-6-2-1-3-7-15/h9-12,15H,1-8,13-14H2,(H,22,23)(H3,20,21,24). The Balaban J connectivity index is 1.63. The number of carbonyl (C=O) groups excluding carboxylic acids is 2. The summed E-state index contributed by atoms with van der Waals surface area (Å²) >= 11 is 0. The molecule has 1 fully saturated rings. The number of nitrogens with one attached hydrogen (secondary N) is 2. The van der Waals surface area contributed by atoms with Gasteiger partial charge in [-0.15, -0.1) is 0 Å². The number of amides is 3. The number of urea groups is 1. The maximum atomic E-state index is 11.9. The number of hydrogen-bond acceptors (Lipinski definition) is 3. The van der Waals surface area contributed by atoms with Crippen LogP contribution in [0.3, 0.4) is 0 Å². The van der Waals surface area contributed by atoms with E-state index in [9.17, 15) is 9.59 Å². The molecule has 1 aliphatic rings. The number of carbonyl (C=O) groups is 2. The molecule has 0 bridgehead atoms. The second-order valence-electron chi connectivity index (χ2n) is 6.64. The van der Waals surface area contributed by atoms with Crippen LogP contribution in [0.2, 0.25) is 0 Å². The van der Waals surface area contributed by atoms with Crippen molar-refractivity contribution in [1.29, 1.82) is 0 Å². The van der Waals surface area contributed by atoms with Crippen molar-refractivity contribution in [2.45, 2.75) is 51.4 Å². The third-order valence-electron chi connectivity index (χ3n) is 4.48. The zero-order valence-electron chi connectivity index (χ0n) is 14.8. The van der Waals surface area contributed by atoms with Crippen molar-refractivity contribution in [2.24, 2.45) is 11.7 Å². The van der Waals surface area contributed by atoms with Crippen LogP contribution in [0, 0.1) is 5.92 Å². The lowest BCUT2D eigenvalue weighted by atomic mass is 9.90. The molecule has 0 aromatic heterocycles. The Morgan fingerprint density at radius 2 is 1.80 bits per heavy atom. The molecule has 1 saturated carbocycles. The molecular weight excluding hydrogens is 318 g/mol. The first kappa shape index (κ1) is 19.1. The summed E-state index contributed by atoms with van der Waals surface area (Å²) in [5, 5.41) is 5.37. The van der Waals surface area contributed by atoms with Gasteiger partial charge in [0, 0.05) is 18.7 Å². The number of anilines is 1. The number of primary amides is 1. The average molecular weight is 347 g/mol. The molecule has 1 aromatic rings. The highest BCUT2D eigenvalue weighted by molar-refractivity contribution is 5.90. The van der Waals surface area contributed by atoms with Gasteiger partial charge in [-0.2, -0.15) is 0 Å². The molecule has 4 N–H and O–H groups in total. The van der Waals surface area contributed by atoms with Gasteiger partial charge in [0.1, 0.15) is 5.75 Å². The largest absolute Gasteiger partial charge is 0.493 e. The molecule has 0 heterocycles. The van der Waals surface area contributed by atoms with Crippen molar-refractivity contribution < 1.29 is 14.3 Å². The average Bonchev–Trinajstić information content (AvgIpc) is 2.61. The highest BCUT2D eigenvalue weighted by Crippen LogP contribution is 2.25. The van der Waals surface area contributed by atoms with Gasteiger partial charge in [0.25, 0.3) is 0 Å². The summed E-state index contributed by atoms with van der Waals surface area (Å²) in [5.74, 6) is 1.49. The van der Waals surface area contributed by atoms with E-state index in [1.54, 1.807) is 0 Å². The van der Waals surface area contributed by atoms with Crippen LogP contribution in [0.15, 0.2) is 24.3 Å². The number of ether oxygens (including phenoxy) is 1. The number of nitrogens with two attached hydrogens (primary N) is 1. The summed E-state index contributed by atoms with van der Waals surface area (Å²) in [6, 6.07) is 6.99. The maximum Gasteiger partial charge on any atom is 0.312 e. The van der Waals surface area contributed by atoms with Gasteiger partial charge in [0.15, 0.2) is 0 Å². The van der Waals surface area contributed by atoms with Crippen LogP contribution in [0.4, 0.5) is 10.5 Å². The minimum atomic E-state index is -0.532. The molecule has 0 atom stereocenters. The number of unbranched alkanes of at least 4 members (excludes halogenated alkanes) is 1. The van der Waals surface area contributed by atoms with Crippen LogP contribution in [-0.4, -0.2) is 25.1 Å². The lowest BCUT2D eigenvalue weighted by Gasteiger charge is -2.21. The van der Waals surface area contributed by atoms with Crippen molar-refractivity contribution >= 4 is 17.6 Å². The normalized spacial score (nSPS) is 14.7. The summed E-state index contributed by atoms with van der Waals surface area (Å²) < 4.78 is 5.86. The molecule has 2 rings (SSSR count). The SMILES string of the molecule is NC(=O)NCCCCC(=O)Nc1ccc(OCC2CCCCC2)cc1. The molecule has 0 spiro atoms. The molecular formula is C19H29N3O3. The monoisotopic (exact) mass is 347 g/mol. The summed E-state index contributed by atoms with van der Waals surface area (Å²) in [6.45, 7) is 1.28. The molecule has 6 heteroatoms. The fourth-order valence-corrected chi connectivity index (χ4v) is 3.05. The highest BCUT2D eigenvalue weighted by Gasteiger charge is 2.13. The molecule has 1 aromatic carbocycles. The van der Waals surface area contributed by atoms with Crippen LogP contribution in [-0.2, 0) is 4.79 Å². The van der Waals surface area contributed by atoms with Crippen molar-refractivity contribution in [3.05, 3.63) is 24.3 Å². The van der Waals surface area contributed by atoms with Gasteiger partial charge in [-0.25, -0.2) is 4.79 Å². The van der Waals surface area contributed by atoms with Crippen LogP contribution >= 0.6 is 0 Å². The Hall–Kier alpha value is -2.24. The summed E-state index contributed by atoms with van der Waals surface area (Å²) in [7, 11) is 0. The Morgan fingerprint density at radius 3 is 2.48 bits per heavy atom. The molecule has 0 aliphatic heterocycles. The van der Waals surface area contributed by atoms with Crippen LogP contribution in [0.25, 0.3) is 0 Å². The minimum absolute atomic E-state index is 0.0325. The van der Waals surface area contributed by atoms with E-state index >= 15 is 0 Å². The van der Waals surface area contributed by atoms with Gasteiger partial charge < -0.3 is 21.1 Å². The van der Waals surface area contributed by atoms with E-state index in [0.29, 0.717) is 25.3 Å². The first-order chi connectivity index (χ1) is 12.1. The lowest BCUT2D eigenvalue weighted by Crippen LogP contribution is -2.30. The van der Waals surface area contributed by atoms with E-state index in [0.717, 1.165) is 24.5 Å². The van der Waals surface area contributed by atoms with Gasteiger partial charge in [0.2, 0.25) is 5.91 Å². The summed E-state index contributed by atoms with van der Waals surface area (Å²) in [5.41, 5.74) is 5.74. The first-order valence-electron chi connectivity index (χ1n) is 9.19. The van der Waals surface area contributed by atoms with Crippen molar-refractivity contribution in [3.8, 4) is 5.75 Å². The number of benzene rings is 1. The number of rotatable bonds is 9. The van der Waals surface area contributed by atoms with E-state index in [2.05, 4.69) is 10.6 Å². The first-order valence-corrected chi connectivity index (χ1v) is 9.19. The molecule has 0 radical (unpaired) electrons. The predicted molar refractivity (Wildman–Crippen MR) is 98.6 cm³/mol. The van der Waals surface area contributed by atoms with Gasteiger partial charge in [-0.1, -0.05) is 19.3 Å². The van der Waals surface area contributed by atoms with Crippen LogP contribution in [0.5, 0.6) is 5.75 Å². The fraction of sp³-hybridized carbons (Fsp3) is 0.579. The van der Waals surface area contributed by atoms with Gasteiger partial charge >= 0.3 is 6.03 Å². The maximum absolute atomic E-state index is 11.9. The molecule has 25 heavy (non-hydrogen) atoms. The minimum Gasteiger partial charge on any atom is -0.493 e. The molecule has 6 nitrogen and oxygen atoms in total. The third-order valence-corrected chi connectivity index (χ3v) is 4.48. The highest BCUT2D eigenvalue weighted by atomic mass is 16.5. The molecule has 3 amide bonds. The topological polar surface area (TPSA) is 93.5 Å². The lowest BCUT2D eigenvalue weighted by molar-refractivity contribution is -0.116. The fourth-order valence-electron chi connectivity index (χ4n) is 3.05. The molecule has 0 unspecified atom stereocenters. The van der Waals surface area contributed by atoms with Gasteiger partial charge in [-0.05, 0) is 55.9 Å². The molecule has 1 aliphatic carbocycles. The zero-order chi connectivity index (χ0) is 17.9.